The van der Waals surface area contributed by atoms with Crippen LogP contribution in [0.15, 0.2) is 28.7 Å². The van der Waals surface area contributed by atoms with Gasteiger partial charge in [0.25, 0.3) is 0 Å². The molecule has 1 unspecified atom stereocenters. The molecule has 0 amide bonds. The first-order chi connectivity index (χ1) is 9.58. The zero-order chi connectivity index (χ0) is 14.6. The van der Waals surface area contributed by atoms with E-state index in [1.807, 2.05) is 24.3 Å². The van der Waals surface area contributed by atoms with Gasteiger partial charge < -0.3 is 10.8 Å². The van der Waals surface area contributed by atoms with E-state index in [1.54, 1.807) is 0 Å². The van der Waals surface area contributed by atoms with Gasteiger partial charge in [0.1, 0.15) is 0 Å². The van der Waals surface area contributed by atoms with Crippen molar-refractivity contribution in [2.45, 2.75) is 57.5 Å². The predicted octanol–water partition coefficient (Wildman–Crippen LogP) is 4.35. The maximum Gasteiger partial charge on any atom is 0.0962 e. The summed E-state index contributed by atoms with van der Waals surface area (Å²) in [6, 6.07) is 8.09. The zero-order valence-electron chi connectivity index (χ0n) is 12.4. The normalized spacial score (nSPS) is 22.0. The second-order valence-electron chi connectivity index (χ2n) is 6.12. The smallest absolute Gasteiger partial charge is 0.0962 e. The van der Waals surface area contributed by atoms with E-state index in [0.717, 1.165) is 22.9 Å². The molecule has 1 aromatic rings. The third-order valence-corrected chi connectivity index (χ3v) is 5.64. The van der Waals surface area contributed by atoms with Crippen LogP contribution in [0.2, 0.25) is 0 Å². The molecule has 0 aliphatic heterocycles. The van der Waals surface area contributed by atoms with Gasteiger partial charge in [-0.05, 0) is 37.0 Å². The van der Waals surface area contributed by atoms with Gasteiger partial charge in [-0.15, -0.1) is 0 Å². The minimum Gasteiger partial charge on any atom is -0.385 e. The molecule has 0 saturated heterocycles. The number of aliphatic hydroxyl groups is 1. The number of hydrogen-bond acceptors (Lipinski definition) is 2. The monoisotopic (exact) mass is 339 g/mol. The van der Waals surface area contributed by atoms with Crippen molar-refractivity contribution >= 4 is 15.9 Å². The first-order valence-electron chi connectivity index (χ1n) is 7.76. The lowest BCUT2D eigenvalue weighted by molar-refractivity contribution is -0.0995. The van der Waals surface area contributed by atoms with Gasteiger partial charge >= 0.3 is 0 Å². The predicted molar refractivity (Wildman–Crippen MR) is 87.5 cm³/mol. The minimum atomic E-state index is -0.824. The molecule has 2 nitrogen and oxygen atoms in total. The van der Waals surface area contributed by atoms with Crippen molar-refractivity contribution in [1.82, 2.24) is 0 Å². The van der Waals surface area contributed by atoms with Gasteiger partial charge in [-0.1, -0.05) is 60.7 Å². The Morgan fingerprint density at radius 1 is 1.25 bits per heavy atom. The molecule has 0 bridgehead atoms. The molecule has 0 aromatic heterocycles. The van der Waals surface area contributed by atoms with Crippen LogP contribution in [0.25, 0.3) is 0 Å². The fraction of sp³-hybridized carbons (Fsp3) is 0.647. The van der Waals surface area contributed by atoms with Crippen molar-refractivity contribution in [3.63, 3.8) is 0 Å². The van der Waals surface area contributed by atoms with Crippen LogP contribution in [-0.4, -0.2) is 11.7 Å². The second kappa shape index (κ2) is 6.59. The lowest BCUT2D eigenvalue weighted by Gasteiger charge is -2.47. The second-order valence-corrected chi connectivity index (χ2v) is 7.04. The summed E-state index contributed by atoms with van der Waals surface area (Å²) in [5.41, 5.74) is 6.17. The molecule has 0 spiro atoms. The first-order valence-corrected chi connectivity index (χ1v) is 8.56. The Morgan fingerprint density at radius 2 is 1.90 bits per heavy atom. The fourth-order valence-corrected chi connectivity index (χ4v) is 4.22. The molecule has 20 heavy (non-hydrogen) atoms. The number of rotatable bonds is 4. The van der Waals surface area contributed by atoms with Crippen LogP contribution >= 0.6 is 15.9 Å². The standard InChI is InChI=1S/C17H26BrNO/c1-2-17(20,14-8-7-9-15(18)12-14)16(13-19)10-5-3-4-6-11-16/h7-9,12,20H,2-6,10-11,13,19H2,1H3. The van der Waals surface area contributed by atoms with Crippen LogP contribution in [0, 0.1) is 5.41 Å². The Bertz CT molecular complexity index is 440. The van der Waals surface area contributed by atoms with E-state index in [0.29, 0.717) is 13.0 Å². The molecule has 0 radical (unpaired) electrons. The Balaban J connectivity index is 2.45. The van der Waals surface area contributed by atoms with Crippen LogP contribution in [0.1, 0.15) is 57.4 Å². The molecule has 1 saturated carbocycles. The van der Waals surface area contributed by atoms with Crippen molar-refractivity contribution in [2.24, 2.45) is 11.1 Å². The van der Waals surface area contributed by atoms with Crippen LogP contribution in [0.4, 0.5) is 0 Å². The third kappa shape index (κ3) is 2.81. The summed E-state index contributed by atoms with van der Waals surface area (Å²) in [5, 5.41) is 11.5. The van der Waals surface area contributed by atoms with Crippen molar-refractivity contribution in [2.75, 3.05) is 6.54 Å². The highest BCUT2D eigenvalue weighted by molar-refractivity contribution is 9.10. The van der Waals surface area contributed by atoms with Crippen LogP contribution in [-0.2, 0) is 5.60 Å². The molecule has 1 fully saturated rings. The van der Waals surface area contributed by atoms with E-state index in [-0.39, 0.29) is 5.41 Å². The largest absolute Gasteiger partial charge is 0.385 e. The fourth-order valence-electron chi connectivity index (χ4n) is 3.82. The summed E-state index contributed by atoms with van der Waals surface area (Å²) in [7, 11) is 0. The quantitative estimate of drug-likeness (QED) is 0.801. The Morgan fingerprint density at radius 3 is 2.40 bits per heavy atom. The Hall–Kier alpha value is -0.380. The number of halogens is 1. The topological polar surface area (TPSA) is 46.2 Å². The van der Waals surface area contributed by atoms with E-state index in [4.69, 9.17) is 5.73 Å². The molecule has 1 aliphatic rings. The van der Waals surface area contributed by atoms with Gasteiger partial charge in [0.2, 0.25) is 0 Å². The molecule has 112 valence electrons. The molecule has 1 aliphatic carbocycles. The van der Waals surface area contributed by atoms with Crippen molar-refractivity contribution in [3.05, 3.63) is 34.3 Å². The van der Waals surface area contributed by atoms with E-state index < -0.39 is 5.60 Å². The molecular formula is C17H26BrNO. The highest BCUT2D eigenvalue weighted by atomic mass is 79.9. The minimum absolute atomic E-state index is 0.182. The summed E-state index contributed by atoms with van der Waals surface area (Å²) in [4.78, 5) is 0. The summed E-state index contributed by atoms with van der Waals surface area (Å²) < 4.78 is 1.02. The van der Waals surface area contributed by atoms with Gasteiger partial charge in [-0.3, -0.25) is 0 Å². The van der Waals surface area contributed by atoms with Gasteiger partial charge in [-0.25, -0.2) is 0 Å². The highest BCUT2D eigenvalue weighted by Crippen LogP contribution is 2.50. The van der Waals surface area contributed by atoms with Crippen molar-refractivity contribution < 1.29 is 5.11 Å². The average molecular weight is 340 g/mol. The summed E-state index contributed by atoms with van der Waals surface area (Å²) >= 11 is 3.52. The summed E-state index contributed by atoms with van der Waals surface area (Å²) in [6.07, 6.45) is 7.64. The summed E-state index contributed by atoms with van der Waals surface area (Å²) in [5.74, 6) is 0. The Kier molecular flexibility index (Phi) is 5.27. The molecule has 3 heteroatoms. The molecular weight excluding hydrogens is 314 g/mol. The zero-order valence-corrected chi connectivity index (χ0v) is 14.0. The lowest BCUT2D eigenvalue weighted by Crippen LogP contribution is -2.50. The lowest BCUT2D eigenvalue weighted by atomic mass is 9.63. The summed E-state index contributed by atoms with van der Waals surface area (Å²) in [6.45, 7) is 2.63. The van der Waals surface area contributed by atoms with Crippen LogP contribution in [0.3, 0.4) is 0 Å². The number of hydrogen-bond donors (Lipinski definition) is 2. The van der Waals surface area contributed by atoms with E-state index in [1.165, 1.54) is 25.7 Å². The molecule has 3 N–H and O–H groups in total. The number of benzene rings is 1. The molecule has 1 aromatic carbocycles. The van der Waals surface area contributed by atoms with E-state index >= 15 is 0 Å². The van der Waals surface area contributed by atoms with Gasteiger partial charge in [0.15, 0.2) is 0 Å². The van der Waals surface area contributed by atoms with E-state index in [2.05, 4.69) is 22.9 Å². The van der Waals surface area contributed by atoms with Crippen LogP contribution < -0.4 is 5.73 Å². The van der Waals surface area contributed by atoms with Gasteiger partial charge in [-0.2, -0.15) is 0 Å². The molecule has 1 atom stereocenters. The maximum absolute atomic E-state index is 11.5. The van der Waals surface area contributed by atoms with Crippen molar-refractivity contribution in [1.29, 1.82) is 0 Å². The highest BCUT2D eigenvalue weighted by Gasteiger charge is 2.48. The first kappa shape index (κ1) is 16.0. The molecule has 0 heterocycles. The SMILES string of the molecule is CCC(O)(c1cccc(Br)c1)C1(CN)CCCCCC1. The van der Waals surface area contributed by atoms with E-state index in [9.17, 15) is 5.11 Å². The van der Waals surface area contributed by atoms with Crippen LogP contribution in [0.5, 0.6) is 0 Å². The van der Waals surface area contributed by atoms with Gasteiger partial charge in [0, 0.05) is 16.4 Å². The number of nitrogens with two attached hydrogens (primary N) is 1. The third-order valence-electron chi connectivity index (χ3n) is 5.14. The Labute approximate surface area is 130 Å². The van der Waals surface area contributed by atoms with Gasteiger partial charge in [0.05, 0.1) is 5.60 Å². The van der Waals surface area contributed by atoms with Crippen molar-refractivity contribution in [3.8, 4) is 0 Å². The average Bonchev–Trinajstić information content (AvgIpc) is 2.73. The molecule has 2 rings (SSSR count). The maximum atomic E-state index is 11.5.